The molecule has 1 aromatic heterocycles. The number of aliphatic imine (C=N–C) groups is 1. The second-order valence-corrected chi connectivity index (χ2v) is 9.29. The molecule has 1 aromatic rings. The van der Waals surface area contributed by atoms with E-state index in [4.69, 9.17) is 0 Å². The van der Waals surface area contributed by atoms with Gasteiger partial charge in [0.1, 0.15) is 9.84 Å². The molecule has 0 aromatic carbocycles. The molecule has 6 nitrogen and oxygen atoms in total. The molecule has 0 atom stereocenters. The second kappa shape index (κ2) is 11.2. The predicted octanol–water partition coefficient (Wildman–Crippen LogP) is 2.32. The molecular formula is C16H29IN4O2S2. The Morgan fingerprint density at radius 3 is 2.68 bits per heavy atom. The van der Waals surface area contributed by atoms with Gasteiger partial charge in [-0.3, -0.25) is 4.99 Å². The predicted molar refractivity (Wildman–Crippen MR) is 118 cm³/mol. The molecule has 1 saturated heterocycles. The third-order valence-corrected chi connectivity index (χ3v) is 5.90. The van der Waals surface area contributed by atoms with Gasteiger partial charge in [-0.15, -0.1) is 35.3 Å². The Hall–Kier alpha value is -0.550. The Labute approximate surface area is 172 Å². The van der Waals surface area contributed by atoms with E-state index in [0.29, 0.717) is 19.0 Å². The first-order valence-electron chi connectivity index (χ1n) is 8.49. The highest BCUT2D eigenvalue weighted by atomic mass is 127. The van der Waals surface area contributed by atoms with E-state index >= 15 is 0 Å². The Morgan fingerprint density at radius 2 is 2.12 bits per heavy atom. The normalized spacial score (nSPS) is 16.4. The largest absolute Gasteiger partial charge is 0.363 e. The minimum Gasteiger partial charge on any atom is -0.363 e. The van der Waals surface area contributed by atoms with Gasteiger partial charge in [0.2, 0.25) is 0 Å². The van der Waals surface area contributed by atoms with Crippen LogP contribution in [0.1, 0.15) is 26.2 Å². The van der Waals surface area contributed by atoms with Gasteiger partial charge < -0.3 is 15.5 Å². The minimum atomic E-state index is -2.90. The van der Waals surface area contributed by atoms with E-state index in [2.05, 4.69) is 38.0 Å². The first-order chi connectivity index (χ1) is 11.5. The molecule has 0 radical (unpaired) electrons. The zero-order valence-electron chi connectivity index (χ0n) is 14.9. The number of guanidine groups is 1. The van der Waals surface area contributed by atoms with Crippen LogP contribution in [0, 0.1) is 0 Å². The van der Waals surface area contributed by atoms with E-state index in [1.165, 1.54) is 11.3 Å². The van der Waals surface area contributed by atoms with Gasteiger partial charge in [-0.1, -0.05) is 0 Å². The number of halogens is 1. The molecule has 0 unspecified atom stereocenters. The fraction of sp³-hybridized carbons (Fsp3) is 0.688. The number of piperidine rings is 1. The van der Waals surface area contributed by atoms with Gasteiger partial charge in [0.25, 0.3) is 0 Å². The minimum absolute atomic E-state index is 0. The molecule has 0 amide bonds. The van der Waals surface area contributed by atoms with E-state index in [0.717, 1.165) is 38.4 Å². The van der Waals surface area contributed by atoms with Crippen molar-refractivity contribution in [3.63, 3.8) is 0 Å². The quantitative estimate of drug-likeness (QED) is 0.260. The molecule has 2 heterocycles. The van der Waals surface area contributed by atoms with Crippen molar-refractivity contribution < 1.29 is 8.42 Å². The van der Waals surface area contributed by atoms with Gasteiger partial charge in [-0.05, 0) is 43.7 Å². The highest BCUT2D eigenvalue weighted by Gasteiger charge is 2.20. The molecule has 9 heteroatoms. The summed E-state index contributed by atoms with van der Waals surface area (Å²) in [5.41, 5.74) is 0. The highest BCUT2D eigenvalue weighted by molar-refractivity contribution is 14.0. The number of thiophene rings is 1. The summed E-state index contributed by atoms with van der Waals surface area (Å²) >= 11 is 1.79. The van der Waals surface area contributed by atoms with Gasteiger partial charge >= 0.3 is 0 Å². The highest BCUT2D eigenvalue weighted by Crippen LogP contribution is 2.24. The molecule has 0 spiro atoms. The van der Waals surface area contributed by atoms with Gasteiger partial charge in [-0.2, -0.15) is 0 Å². The summed E-state index contributed by atoms with van der Waals surface area (Å²) in [5, 5.41) is 10.2. The molecule has 1 fully saturated rings. The maximum absolute atomic E-state index is 11.2. The maximum Gasteiger partial charge on any atom is 0.191 e. The lowest BCUT2D eigenvalue weighted by Crippen LogP contribution is -2.48. The van der Waals surface area contributed by atoms with Gasteiger partial charge in [0.05, 0.1) is 10.8 Å². The van der Waals surface area contributed by atoms with Crippen LogP contribution in [0.3, 0.4) is 0 Å². The number of nitrogens with zero attached hydrogens (tertiary/aromatic N) is 2. The van der Waals surface area contributed by atoms with Crippen LogP contribution in [-0.4, -0.2) is 58.6 Å². The van der Waals surface area contributed by atoms with E-state index in [-0.39, 0.29) is 29.7 Å². The molecule has 0 saturated carbocycles. The number of rotatable bonds is 7. The molecule has 25 heavy (non-hydrogen) atoms. The van der Waals surface area contributed by atoms with Gasteiger partial charge in [-0.25, -0.2) is 8.42 Å². The van der Waals surface area contributed by atoms with Crippen LogP contribution >= 0.6 is 35.3 Å². The molecule has 1 aliphatic heterocycles. The number of nitrogens with one attached hydrogen (secondary N) is 2. The standard InChI is InChI=1S/C16H28N4O2S2.HI/c1-3-17-16(18-9-5-13-24(2,21)22)19-14-7-10-20(11-8-14)15-6-4-12-23-15;/h4,6,12,14H,3,5,7-11,13H2,1-2H3,(H2,17,18,19);1H. The van der Waals surface area contributed by atoms with Gasteiger partial charge in [0.15, 0.2) is 5.96 Å². The first-order valence-corrected chi connectivity index (χ1v) is 11.4. The first kappa shape index (κ1) is 22.5. The van der Waals surface area contributed by atoms with Crippen molar-refractivity contribution in [3.05, 3.63) is 17.5 Å². The second-order valence-electron chi connectivity index (χ2n) is 6.10. The van der Waals surface area contributed by atoms with Crippen molar-refractivity contribution in [3.8, 4) is 0 Å². The van der Waals surface area contributed by atoms with Crippen LogP contribution in [0.2, 0.25) is 0 Å². The van der Waals surface area contributed by atoms with Crippen LogP contribution in [0.25, 0.3) is 0 Å². The van der Waals surface area contributed by atoms with Crippen molar-refractivity contribution in [1.82, 2.24) is 10.6 Å². The number of hydrogen-bond donors (Lipinski definition) is 2. The Kier molecular flexibility index (Phi) is 10.1. The lowest BCUT2D eigenvalue weighted by atomic mass is 10.1. The van der Waals surface area contributed by atoms with Crippen LogP contribution in [0.4, 0.5) is 5.00 Å². The lowest BCUT2D eigenvalue weighted by molar-refractivity contribution is 0.463. The molecule has 0 bridgehead atoms. The number of hydrogen-bond acceptors (Lipinski definition) is 5. The summed E-state index contributed by atoms with van der Waals surface area (Å²) in [6, 6.07) is 4.68. The third-order valence-electron chi connectivity index (χ3n) is 3.94. The smallest absolute Gasteiger partial charge is 0.191 e. The SMILES string of the molecule is CCNC(=NCCCS(C)(=O)=O)NC1CCN(c2cccs2)CC1.I. The van der Waals surface area contributed by atoms with Crippen LogP contribution in [-0.2, 0) is 9.84 Å². The maximum atomic E-state index is 11.2. The number of anilines is 1. The van der Waals surface area contributed by atoms with Crippen LogP contribution in [0.15, 0.2) is 22.5 Å². The molecule has 2 N–H and O–H groups in total. The van der Waals surface area contributed by atoms with E-state index in [9.17, 15) is 8.42 Å². The van der Waals surface area contributed by atoms with Crippen molar-refractivity contribution in [2.24, 2.45) is 4.99 Å². The van der Waals surface area contributed by atoms with Crippen molar-refractivity contribution in [2.75, 3.05) is 43.1 Å². The van der Waals surface area contributed by atoms with Crippen molar-refractivity contribution >= 4 is 56.1 Å². The average molecular weight is 500 g/mol. The average Bonchev–Trinajstić information content (AvgIpc) is 3.06. The molecule has 1 aliphatic rings. The van der Waals surface area contributed by atoms with Crippen molar-refractivity contribution in [1.29, 1.82) is 0 Å². The Morgan fingerprint density at radius 1 is 1.40 bits per heavy atom. The Bertz CT molecular complexity index is 612. The summed E-state index contributed by atoms with van der Waals surface area (Å²) in [5.74, 6) is 0.982. The number of sulfone groups is 1. The monoisotopic (exact) mass is 500 g/mol. The van der Waals surface area contributed by atoms with E-state index in [1.54, 1.807) is 11.3 Å². The fourth-order valence-electron chi connectivity index (χ4n) is 2.73. The topological polar surface area (TPSA) is 73.8 Å². The van der Waals surface area contributed by atoms with E-state index in [1.807, 2.05) is 6.92 Å². The molecule has 0 aliphatic carbocycles. The molecule has 2 rings (SSSR count). The summed E-state index contributed by atoms with van der Waals surface area (Å²) < 4.78 is 22.3. The van der Waals surface area contributed by atoms with E-state index < -0.39 is 9.84 Å². The van der Waals surface area contributed by atoms with Crippen LogP contribution in [0.5, 0.6) is 0 Å². The zero-order chi connectivity index (χ0) is 17.4. The summed E-state index contributed by atoms with van der Waals surface area (Å²) in [4.78, 5) is 6.93. The Balaban J connectivity index is 0.00000312. The van der Waals surface area contributed by atoms with Crippen LogP contribution < -0.4 is 15.5 Å². The third kappa shape index (κ3) is 8.59. The van der Waals surface area contributed by atoms with Gasteiger partial charge in [0, 0.05) is 38.5 Å². The summed E-state index contributed by atoms with van der Waals surface area (Å²) in [6.45, 7) is 5.45. The zero-order valence-corrected chi connectivity index (χ0v) is 18.9. The lowest BCUT2D eigenvalue weighted by Gasteiger charge is -2.33. The fourth-order valence-corrected chi connectivity index (χ4v) is 4.16. The summed E-state index contributed by atoms with van der Waals surface area (Å²) in [7, 11) is -2.90. The molecular weight excluding hydrogens is 471 g/mol. The summed E-state index contributed by atoms with van der Waals surface area (Å²) in [6.07, 6.45) is 3.98. The molecule has 144 valence electrons. The van der Waals surface area contributed by atoms with Crippen molar-refractivity contribution in [2.45, 2.75) is 32.2 Å².